The van der Waals surface area contributed by atoms with Gasteiger partial charge < -0.3 is 9.80 Å². The van der Waals surface area contributed by atoms with Gasteiger partial charge in [0.1, 0.15) is 0 Å². The van der Waals surface area contributed by atoms with Crippen LogP contribution in [0.25, 0.3) is 0 Å². The molecule has 3 rings (SSSR count). The van der Waals surface area contributed by atoms with Crippen molar-refractivity contribution in [1.29, 1.82) is 0 Å². The molecule has 1 aromatic rings. The summed E-state index contributed by atoms with van der Waals surface area (Å²) in [6, 6.07) is 6.05. The number of rotatable bonds is 6. The summed E-state index contributed by atoms with van der Waals surface area (Å²) in [5.41, 5.74) is 2.29. The summed E-state index contributed by atoms with van der Waals surface area (Å²) in [6.07, 6.45) is 9.30. The summed E-state index contributed by atoms with van der Waals surface area (Å²) in [6.45, 7) is 2.07. The number of hydrogen-bond donors (Lipinski definition) is 0. The van der Waals surface area contributed by atoms with E-state index >= 15 is 0 Å². The Morgan fingerprint density at radius 2 is 1.82 bits per heavy atom. The van der Waals surface area contributed by atoms with Crippen LogP contribution in [0, 0.1) is 0 Å². The largest absolute Gasteiger partial charge is 0.340 e. The molecule has 1 heterocycles. The lowest BCUT2D eigenvalue weighted by molar-refractivity contribution is 0.0767. The highest BCUT2D eigenvalue weighted by Gasteiger charge is 2.25. The van der Waals surface area contributed by atoms with Crippen molar-refractivity contribution in [2.45, 2.75) is 51.0 Å². The first-order valence-corrected chi connectivity index (χ1v) is 12.2. The van der Waals surface area contributed by atoms with Crippen molar-refractivity contribution in [3.63, 3.8) is 0 Å². The minimum atomic E-state index is -3.29. The molecule has 7 heteroatoms. The van der Waals surface area contributed by atoms with E-state index in [1.807, 2.05) is 13.1 Å². The maximum atomic E-state index is 12.9. The third-order valence-corrected chi connectivity index (χ3v) is 7.32. The fourth-order valence-corrected chi connectivity index (χ4v) is 5.37. The summed E-state index contributed by atoms with van der Waals surface area (Å²) in [5, 5.41) is 0. The van der Waals surface area contributed by atoms with Crippen molar-refractivity contribution in [1.82, 2.24) is 9.80 Å². The minimum absolute atomic E-state index is 0.00340. The number of anilines is 1. The van der Waals surface area contributed by atoms with Gasteiger partial charge in [-0.25, -0.2) is 8.42 Å². The zero-order valence-corrected chi connectivity index (χ0v) is 18.2. The van der Waals surface area contributed by atoms with Crippen LogP contribution in [-0.4, -0.2) is 70.2 Å². The van der Waals surface area contributed by atoms with Gasteiger partial charge in [0, 0.05) is 38.3 Å². The molecule has 1 aliphatic heterocycles. The average molecular weight is 408 g/mol. The molecule has 1 saturated carbocycles. The van der Waals surface area contributed by atoms with Crippen LogP contribution in [0.3, 0.4) is 0 Å². The Kier molecular flexibility index (Phi) is 6.65. The quantitative estimate of drug-likeness (QED) is 0.727. The molecular formula is C21H33N3O3S. The van der Waals surface area contributed by atoms with Gasteiger partial charge in [0.15, 0.2) is 0 Å². The average Bonchev–Trinajstić information content (AvgIpc) is 2.70. The molecule has 0 N–H and O–H groups in total. The molecule has 0 radical (unpaired) electrons. The lowest BCUT2D eigenvalue weighted by Crippen LogP contribution is -2.40. The van der Waals surface area contributed by atoms with Gasteiger partial charge in [0.05, 0.1) is 11.9 Å². The molecule has 0 bridgehead atoms. The van der Waals surface area contributed by atoms with Crippen molar-refractivity contribution in [3.8, 4) is 0 Å². The number of carbonyl (C=O) groups excluding carboxylic acids is 1. The number of aryl methyl sites for hydroxylation is 1. The summed E-state index contributed by atoms with van der Waals surface area (Å²) in [7, 11) is 0.721. The third kappa shape index (κ3) is 4.87. The second-order valence-electron chi connectivity index (χ2n) is 8.28. The lowest BCUT2D eigenvalue weighted by Gasteiger charge is -2.32. The molecule has 6 nitrogen and oxygen atoms in total. The SMILES string of the molecule is CN(CCN(C)C1CCCCC1)C(=O)c1ccc2c(c1)CCCN2S(C)(=O)=O. The van der Waals surface area contributed by atoms with Crippen molar-refractivity contribution >= 4 is 21.6 Å². The summed E-state index contributed by atoms with van der Waals surface area (Å²) < 4.78 is 25.5. The fourth-order valence-electron chi connectivity index (χ4n) is 4.37. The van der Waals surface area contributed by atoms with Crippen LogP contribution >= 0.6 is 0 Å². The second-order valence-corrected chi connectivity index (χ2v) is 10.2. The van der Waals surface area contributed by atoms with E-state index in [0.29, 0.717) is 30.4 Å². The van der Waals surface area contributed by atoms with Crippen LogP contribution in [-0.2, 0) is 16.4 Å². The van der Waals surface area contributed by atoms with Crippen LogP contribution in [0.4, 0.5) is 5.69 Å². The van der Waals surface area contributed by atoms with Gasteiger partial charge in [-0.3, -0.25) is 9.10 Å². The maximum Gasteiger partial charge on any atom is 0.253 e. The predicted molar refractivity (Wildman–Crippen MR) is 113 cm³/mol. The van der Waals surface area contributed by atoms with Gasteiger partial charge in [-0.2, -0.15) is 0 Å². The maximum absolute atomic E-state index is 12.9. The molecule has 156 valence electrons. The van der Waals surface area contributed by atoms with Crippen molar-refractivity contribution in [2.75, 3.05) is 44.3 Å². The first-order chi connectivity index (χ1) is 13.3. The number of carbonyl (C=O) groups is 1. The highest BCUT2D eigenvalue weighted by molar-refractivity contribution is 7.92. The fraction of sp³-hybridized carbons (Fsp3) is 0.667. The standard InChI is InChI=1S/C21H33N3O3S/c1-22(19-9-5-4-6-10-19)14-15-23(2)21(25)18-11-12-20-17(16-18)8-7-13-24(20)28(3,26)27/h11-12,16,19H,4-10,13-15H2,1-3H3. The zero-order chi connectivity index (χ0) is 20.3. The van der Waals surface area contributed by atoms with Crippen molar-refractivity contribution < 1.29 is 13.2 Å². The van der Waals surface area contributed by atoms with Crippen LogP contribution < -0.4 is 4.31 Å². The Bertz CT molecular complexity index is 803. The minimum Gasteiger partial charge on any atom is -0.340 e. The van der Waals surface area contributed by atoms with Gasteiger partial charge >= 0.3 is 0 Å². The van der Waals surface area contributed by atoms with E-state index in [2.05, 4.69) is 11.9 Å². The number of benzene rings is 1. The predicted octanol–water partition coefficient (Wildman–Crippen LogP) is 2.74. The number of hydrogen-bond acceptors (Lipinski definition) is 4. The molecule has 0 atom stereocenters. The summed E-state index contributed by atoms with van der Waals surface area (Å²) in [4.78, 5) is 17.0. The van der Waals surface area contributed by atoms with Crippen molar-refractivity contribution in [3.05, 3.63) is 29.3 Å². The van der Waals surface area contributed by atoms with Gasteiger partial charge in [-0.15, -0.1) is 0 Å². The lowest BCUT2D eigenvalue weighted by atomic mass is 9.94. The summed E-state index contributed by atoms with van der Waals surface area (Å²) in [5.74, 6) is -0.00340. The number of fused-ring (bicyclic) bond motifs is 1. The van der Waals surface area contributed by atoms with Crippen LogP contribution in [0.15, 0.2) is 18.2 Å². The Morgan fingerprint density at radius 3 is 2.50 bits per heavy atom. The molecule has 0 spiro atoms. The highest BCUT2D eigenvalue weighted by atomic mass is 32.2. The third-order valence-electron chi connectivity index (χ3n) is 6.14. The van der Waals surface area contributed by atoms with E-state index in [-0.39, 0.29) is 5.91 Å². The Hall–Kier alpha value is -1.60. The Balaban J connectivity index is 1.64. The molecule has 0 unspecified atom stereocenters. The number of nitrogens with zero attached hydrogens (tertiary/aromatic N) is 3. The number of sulfonamides is 1. The molecule has 2 aliphatic rings. The molecule has 0 saturated heterocycles. The van der Waals surface area contributed by atoms with E-state index in [1.54, 1.807) is 17.0 Å². The van der Waals surface area contributed by atoms with Crippen LogP contribution in [0.2, 0.25) is 0 Å². The number of likely N-dealkylation sites (N-methyl/N-ethyl adjacent to an activating group) is 2. The van der Waals surface area contributed by atoms with Crippen LogP contribution in [0.5, 0.6) is 0 Å². The van der Waals surface area contributed by atoms with Gasteiger partial charge in [0.25, 0.3) is 5.91 Å². The highest BCUT2D eigenvalue weighted by Crippen LogP contribution is 2.30. The number of amides is 1. The molecule has 1 amide bonds. The molecule has 1 fully saturated rings. The first-order valence-electron chi connectivity index (χ1n) is 10.3. The van der Waals surface area contributed by atoms with Crippen molar-refractivity contribution in [2.24, 2.45) is 0 Å². The van der Waals surface area contributed by atoms with Gasteiger partial charge in [0.2, 0.25) is 10.0 Å². The second kappa shape index (κ2) is 8.82. The normalized spacial score (nSPS) is 18.2. The van der Waals surface area contributed by atoms with E-state index in [9.17, 15) is 13.2 Å². The van der Waals surface area contributed by atoms with Gasteiger partial charge in [-0.1, -0.05) is 19.3 Å². The Labute approximate surface area is 169 Å². The topological polar surface area (TPSA) is 60.9 Å². The van der Waals surface area contributed by atoms with Gasteiger partial charge in [-0.05, 0) is 56.5 Å². The molecule has 1 aliphatic carbocycles. The molecule has 1 aromatic carbocycles. The van der Waals surface area contributed by atoms with E-state index in [0.717, 1.165) is 24.9 Å². The molecule has 0 aromatic heterocycles. The van der Waals surface area contributed by atoms with E-state index in [1.165, 1.54) is 42.7 Å². The van der Waals surface area contributed by atoms with Crippen LogP contribution in [0.1, 0.15) is 54.4 Å². The van der Waals surface area contributed by atoms with E-state index in [4.69, 9.17) is 0 Å². The van der Waals surface area contributed by atoms with E-state index < -0.39 is 10.0 Å². The summed E-state index contributed by atoms with van der Waals surface area (Å²) >= 11 is 0. The molecular weight excluding hydrogens is 374 g/mol. The zero-order valence-electron chi connectivity index (χ0n) is 17.4. The monoisotopic (exact) mass is 407 g/mol. The smallest absolute Gasteiger partial charge is 0.253 e. The Morgan fingerprint density at radius 1 is 1.11 bits per heavy atom. The molecule has 28 heavy (non-hydrogen) atoms. The first kappa shape index (κ1) is 21.1.